The monoisotopic (exact) mass is 353 g/mol. The summed E-state index contributed by atoms with van der Waals surface area (Å²) < 4.78 is 18.5. The van der Waals surface area contributed by atoms with Gasteiger partial charge in [0.25, 0.3) is 0 Å². The molecule has 130 valence electrons. The van der Waals surface area contributed by atoms with Gasteiger partial charge in [0.1, 0.15) is 17.8 Å². The van der Waals surface area contributed by atoms with E-state index < -0.39 is 6.17 Å². The van der Waals surface area contributed by atoms with E-state index in [4.69, 9.17) is 22.1 Å². The molecule has 0 amide bonds. The van der Waals surface area contributed by atoms with Crippen LogP contribution in [0.5, 0.6) is 0 Å². The number of halogens is 2. The maximum atomic E-state index is 12.1. The third-order valence-electron chi connectivity index (χ3n) is 3.97. The molecule has 1 saturated heterocycles. The van der Waals surface area contributed by atoms with Crippen LogP contribution in [0.15, 0.2) is 6.20 Å². The molecule has 2 atom stereocenters. The number of rotatable bonds is 2. The van der Waals surface area contributed by atoms with Crippen molar-refractivity contribution in [3.05, 3.63) is 22.5 Å². The topological polar surface area (TPSA) is 89.2 Å². The summed E-state index contributed by atoms with van der Waals surface area (Å²) in [6.07, 6.45) is 3.33. The van der Waals surface area contributed by atoms with E-state index in [-0.39, 0.29) is 11.9 Å². The van der Waals surface area contributed by atoms with Gasteiger partial charge in [-0.25, -0.2) is 13.9 Å². The van der Waals surface area contributed by atoms with Gasteiger partial charge in [-0.2, -0.15) is 5.26 Å². The van der Waals surface area contributed by atoms with Crippen molar-refractivity contribution in [3.8, 4) is 6.07 Å². The predicted molar refractivity (Wildman–Crippen MR) is 90.8 cm³/mol. The molecule has 3 heterocycles. The smallest absolute Gasteiger partial charge is 0.238 e. The third kappa shape index (κ3) is 3.94. The van der Waals surface area contributed by atoms with Gasteiger partial charge >= 0.3 is 0 Å². The first-order chi connectivity index (χ1) is 11.5. The number of aromatic nitrogens is 3. The molecular formula is C16H21ClFN5O. The molecule has 8 heteroatoms. The zero-order valence-corrected chi connectivity index (χ0v) is 14.6. The van der Waals surface area contributed by atoms with E-state index in [1.54, 1.807) is 4.52 Å². The Labute approximate surface area is 145 Å². The van der Waals surface area contributed by atoms with Gasteiger partial charge in [-0.05, 0) is 25.2 Å². The highest BCUT2D eigenvalue weighted by Crippen LogP contribution is 2.32. The fourth-order valence-corrected chi connectivity index (χ4v) is 2.77. The zero-order chi connectivity index (χ0) is 17.7. The molecule has 2 aromatic rings. The molecule has 0 saturated carbocycles. The SMILES string of the molecule is CCC(C)c1c(C#N)c(Cl)c2cnc(N)nn12.FC1CCCOC1. The largest absolute Gasteiger partial charge is 0.378 e. The van der Waals surface area contributed by atoms with Crippen LogP contribution in [0.25, 0.3) is 5.52 Å². The number of ether oxygens (including phenoxy) is 1. The van der Waals surface area contributed by atoms with Crippen LogP contribution < -0.4 is 5.73 Å². The molecule has 0 aromatic carbocycles. The van der Waals surface area contributed by atoms with E-state index in [0.717, 1.165) is 25.1 Å². The van der Waals surface area contributed by atoms with Gasteiger partial charge in [-0.15, -0.1) is 5.10 Å². The molecule has 1 fully saturated rings. The number of nitrogens with zero attached hydrogens (tertiary/aromatic N) is 4. The second-order valence-corrected chi connectivity index (χ2v) is 6.10. The van der Waals surface area contributed by atoms with Gasteiger partial charge in [-0.1, -0.05) is 25.4 Å². The summed E-state index contributed by atoms with van der Waals surface area (Å²) in [5.74, 6) is 0.345. The minimum absolute atomic E-state index is 0.165. The lowest BCUT2D eigenvalue weighted by molar-refractivity contribution is 0.0366. The van der Waals surface area contributed by atoms with Crippen LogP contribution in [0.4, 0.5) is 10.3 Å². The van der Waals surface area contributed by atoms with Crippen LogP contribution >= 0.6 is 11.6 Å². The van der Waals surface area contributed by atoms with Gasteiger partial charge in [-0.3, -0.25) is 0 Å². The fourth-order valence-electron chi connectivity index (χ4n) is 2.50. The Morgan fingerprint density at radius 2 is 2.38 bits per heavy atom. The number of nitrogens with two attached hydrogens (primary N) is 1. The summed E-state index contributed by atoms with van der Waals surface area (Å²) in [6, 6.07) is 2.13. The number of nitriles is 1. The molecule has 24 heavy (non-hydrogen) atoms. The molecule has 0 bridgehead atoms. The highest BCUT2D eigenvalue weighted by molar-refractivity contribution is 6.35. The second-order valence-electron chi connectivity index (χ2n) is 5.72. The molecule has 2 N–H and O–H groups in total. The first-order valence-electron chi connectivity index (χ1n) is 7.94. The lowest BCUT2D eigenvalue weighted by atomic mass is 10.0. The molecule has 2 unspecified atom stereocenters. The van der Waals surface area contributed by atoms with E-state index in [0.29, 0.717) is 29.1 Å². The first kappa shape index (κ1) is 18.4. The van der Waals surface area contributed by atoms with Gasteiger partial charge in [0.2, 0.25) is 5.95 Å². The highest BCUT2D eigenvalue weighted by Gasteiger charge is 2.21. The lowest BCUT2D eigenvalue weighted by Gasteiger charge is -2.13. The number of fused-ring (bicyclic) bond motifs is 1. The minimum Gasteiger partial charge on any atom is -0.378 e. The summed E-state index contributed by atoms with van der Waals surface area (Å²) >= 11 is 6.15. The van der Waals surface area contributed by atoms with E-state index in [1.807, 2.05) is 13.8 Å². The fraction of sp³-hybridized carbons (Fsp3) is 0.562. The number of anilines is 1. The quantitative estimate of drug-likeness (QED) is 0.892. The van der Waals surface area contributed by atoms with Crippen LogP contribution in [-0.2, 0) is 4.74 Å². The molecule has 2 aromatic heterocycles. The molecule has 3 rings (SSSR count). The van der Waals surface area contributed by atoms with Crippen molar-refractivity contribution in [2.24, 2.45) is 0 Å². The van der Waals surface area contributed by atoms with Crippen LogP contribution in [0.2, 0.25) is 5.02 Å². The van der Waals surface area contributed by atoms with Gasteiger partial charge < -0.3 is 10.5 Å². The Hall–Kier alpha value is -1.91. The van der Waals surface area contributed by atoms with Gasteiger partial charge in [0, 0.05) is 6.61 Å². The van der Waals surface area contributed by atoms with Crippen molar-refractivity contribution in [2.75, 3.05) is 18.9 Å². The summed E-state index contributed by atoms with van der Waals surface area (Å²) in [5, 5.41) is 13.7. The molecule has 1 aliphatic rings. The molecule has 0 spiro atoms. The zero-order valence-electron chi connectivity index (χ0n) is 13.8. The highest BCUT2D eigenvalue weighted by atomic mass is 35.5. The van der Waals surface area contributed by atoms with Crippen LogP contribution in [0, 0.1) is 11.3 Å². The average Bonchev–Trinajstić information content (AvgIpc) is 2.86. The minimum atomic E-state index is -0.686. The van der Waals surface area contributed by atoms with Crippen molar-refractivity contribution >= 4 is 23.1 Å². The first-order valence-corrected chi connectivity index (χ1v) is 8.31. The number of hydrogen-bond acceptors (Lipinski definition) is 5. The van der Waals surface area contributed by atoms with Crippen molar-refractivity contribution in [3.63, 3.8) is 0 Å². The summed E-state index contributed by atoms with van der Waals surface area (Å²) in [4.78, 5) is 3.89. The maximum absolute atomic E-state index is 12.1. The number of hydrogen-bond donors (Lipinski definition) is 1. The molecule has 6 nitrogen and oxygen atoms in total. The number of alkyl halides is 1. The Bertz CT molecular complexity index is 736. The standard InChI is InChI=1S/C11H12ClN5.C5H9FO/c1-3-6(2)10-7(4-13)9(12)8-5-15-11(14)16-17(8)10;6-5-2-1-3-7-4-5/h5-6H,3H2,1-2H3,(H2,14,16);5H,1-4H2. The lowest BCUT2D eigenvalue weighted by Crippen LogP contribution is -2.17. The van der Waals surface area contributed by atoms with Crippen LogP contribution in [-0.4, -0.2) is 34.0 Å². The van der Waals surface area contributed by atoms with Crippen LogP contribution in [0.3, 0.4) is 0 Å². The van der Waals surface area contributed by atoms with E-state index in [1.165, 1.54) is 6.20 Å². The second kappa shape index (κ2) is 8.27. The summed E-state index contributed by atoms with van der Waals surface area (Å²) in [5.41, 5.74) is 7.44. The van der Waals surface area contributed by atoms with Crippen molar-refractivity contribution in [2.45, 2.75) is 45.2 Å². The van der Waals surface area contributed by atoms with Crippen molar-refractivity contribution in [1.82, 2.24) is 14.6 Å². The van der Waals surface area contributed by atoms with E-state index in [2.05, 4.69) is 16.2 Å². The van der Waals surface area contributed by atoms with Crippen molar-refractivity contribution in [1.29, 1.82) is 5.26 Å². The Kier molecular flexibility index (Phi) is 6.35. The Balaban J connectivity index is 0.000000249. The van der Waals surface area contributed by atoms with E-state index in [9.17, 15) is 9.65 Å². The predicted octanol–water partition coefficient (Wildman–Crippen LogP) is 3.48. The van der Waals surface area contributed by atoms with E-state index >= 15 is 0 Å². The maximum Gasteiger partial charge on any atom is 0.238 e. The van der Waals surface area contributed by atoms with Crippen molar-refractivity contribution < 1.29 is 9.13 Å². The Morgan fingerprint density at radius 1 is 1.62 bits per heavy atom. The van der Waals surface area contributed by atoms with Crippen LogP contribution in [0.1, 0.15) is 50.3 Å². The summed E-state index contributed by atoms with van der Waals surface area (Å²) in [6.45, 7) is 5.14. The molecule has 0 aliphatic carbocycles. The Morgan fingerprint density at radius 3 is 2.88 bits per heavy atom. The molecule has 1 aliphatic heterocycles. The normalized spacial score (nSPS) is 18.5. The average molecular weight is 354 g/mol. The number of nitrogen functional groups attached to an aromatic ring is 1. The van der Waals surface area contributed by atoms with Gasteiger partial charge in [0.15, 0.2) is 0 Å². The van der Waals surface area contributed by atoms with Gasteiger partial charge in [0.05, 0.1) is 29.1 Å². The molecular weight excluding hydrogens is 333 g/mol. The molecule has 0 radical (unpaired) electrons. The third-order valence-corrected chi connectivity index (χ3v) is 4.36. The summed E-state index contributed by atoms with van der Waals surface area (Å²) in [7, 11) is 0.